The third-order valence-corrected chi connectivity index (χ3v) is 7.73. The van der Waals surface area contributed by atoms with Crippen molar-refractivity contribution in [3.63, 3.8) is 0 Å². The van der Waals surface area contributed by atoms with Crippen LogP contribution in [0.3, 0.4) is 0 Å². The van der Waals surface area contributed by atoms with Gasteiger partial charge in [-0.1, -0.05) is 12.1 Å². The van der Waals surface area contributed by atoms with Gasteiger partial charge in [0.25, 0.3) is 0 Å². The summed E-state index contributed by atoms with van der Waals surface area (Å²) in [6.45, 7) is -9.38. The number of anilines is 1. The molecular formula is C31H27F18N3O4. The SMILES string of the molecule is CN(C)c1ccc(/C=C/c2nc3ccc(OCCN(CCOC(C(F)(F)F)(C(F)(F)F)C(F)(F)F)CCOC(C(F)(F)F)(C(F)(F)F)C(F)(F)F)cc3o2)cc1. The Morgan fingerprint density at radius 1 is 0.571 bits per heavy atom. The molecule has 0 aliphatic carbocycles. The average molecular weight is 848 g/mol. The molecule has 0 atom stereocenters. The third kappa shape index (κ3) is 9.87. The van der Waals surface area contributed by atoms with Crippen molar-refractivity contribution < 1.29 is 97.7 Å². The first-order valence-corrected chi connectivity index (χ1v) is 15.3. The Morgan fingerprint density at radius 2 is 1.00 bits per heavy atom. The summed E-state index contributed by atoms with van der Waals surface area (Å²) in [5, 5.41) is 0. The number of alkyl halides is 18. The molecule has 0 unspecified atom stereocenters. The number of ether oxygens (including phenoxy) is 3. The monoisotopic (exact) mass is 847 g/mol. The van der Waals surface area contributed by atoms with Crippen LogP contribution < -0.4 is 9.64 Å². The highest BCUT2D eigenvalue weighted by molar-refractivity contribution is 5.77. The van der Waals surface area contributed by atoms with E-state index in [0.717, 1.165) is 11.3 Å². The number of hydrogen-bond acceptors (Lipinski definition) is 7. The highest BCUT2D eigenvalue weighted by Gasteiger charge is 2.86. The lowest BCUT2D eigenvalue weighted by Crippen LogP contribution is -2.68. The summed E-state index contributed by atoms with van der Waals surface area (Å²) in [7, 11) is 3.67. The Morgan fingerprint density at radius 3 is 1.41 bits per heavy atom. The first-order valence-electron chi connectivity index (χ1n) is 15.3. The van der Waals surface area contributed by atoms with Gasteiger partial charge >= 0.3 is 48.3 Å². The molecule has 3 aromatic rings. The van der Waals surface area contributed by atoms with E-state index in [1.54, 1.807) is 18.2 Å². The minimum absolute atomic E-state index is 0.0642. The van der Waals surface area contributed by atoms with Gasteiger partial charge in [-0.05, 0) is 35.9 Å². The summed E-state index contributed by atoms with van der Waals surface area (Å²) in [5.41, 5.74) is -11.7. The molecule has 0 amide bonds. The summed E-state index contributed by atoms with van der Waals surface area (Å²) in [4.78, 5) is 6.30. The summed E-state index contributed by atoms with van der Waals surface area (Å²) < 4.78 is 256. The molecule has 0 fully saturated rings. The number of rotatable bonds is 15. The smallest absolute Gasteiger partial charge is 0.435 e. The van der Waals surface area contributed by atoms with E-state index in [9.17, 15) is 79.0 Å². The molecule has 316 valence electrons. The molecule has 0 radical (unpaired) electrons. The van der Waals surface area contributed by atoms with Gasteiger partial charge in [0.15, 0.2) is 5.58 Å². The van der Waals surface area contributed by atoms with Gasteiger partial charge in [-0.15, -0.1) is 0 Å². The summed E-state index contributed by atoms with van der Waals surface area (Å²) in [6.07, 6.45) is -40.1. The molecule has 25 heteroatoms. The normalized spacial score (nSPS) is 14.4. The van der Waals surface area contributed by atoms with Crippen molar-refractivity contribution in [1.29, 1.82) is 0 Å². The number of hydrogen-bond donors (Lipinski definition) is 0. The Labute approximate surface area is 303 Å². The quantitative estimate of drug-likeness (QED) is 0.141. The number of nitrogens with zero attached hydrogens (tertiary/aromatic N) is 3. The van der Waals surface area contributed by atoms with Crippen LogP contribution in [0.1, 0.15) is 11.5 Å². The zero-order valence-electron chi connectivity index (χ0n) is 28.2. The van der Waals surface area contributed by atoms with E-state index in [-0.39, 0.29) is 27.6 Å². The Balaban J connectivity index is 1.82. The number of aromatic nitrogens is 1. The number of benzene rings is 2. The number of oxazole rings is 1. The van der Waals surface area contributed by atoms with Crippen molar-refractivity contribution in [2.45, 2.75) is 48.3 Å². The van der Waals surface area contributed by atoms with Crippen molar-refractivity contribution >= 4 is 28.9 Å². The van der Waals surface area contributed by atoms with E-state index in [0.29, 0.717) is 0 Å². The van der Waals surface area contributed by atoms with Crippen LogP contribution in [0.5, 0.6) is 5.75 Å². The van der Waals surface area contributed by atoms with Crippen molar-refractivity contribution in [1.82, 2.24) is 9.88 Å². The van der Waals surface area contributed by atoms with Crippen LogP contribution in [-0.2, 0) is 9.47 Å². The van der Waals surface area contributed by atoms with Crippen molar-refractivity contribution in [3.05, 3.63) is 53.9 Å². The summed E-state index contributed by atoms with van der Waals surface area (Å²) in [5.74, 6) is -0.0494. The van der Waals surface area contributed by atoms with E-state index >= 15 is 0 Å². The van der Waals surface area contributed by atoms with E-state index in [2.05, 4.69) is 14.5 Å². The fourth-order valence-electron chi connectivity index (χ4n) is 4.87. The second-order valence-corrected chi connectivity index (χ2v) is 11.7. The fourth-order valence-corrected chi connectivity index (χ4v) is 4.87. The Hall–Kier alpha value is -4.13. The highest BCUT2D eigenvalue weighted by atomic mass is 19.4. The van der Waals surface area contributed by atoms with Crippen LogP contribution in [0.25, 0.3) is 23.3 Å². The van der Waals surface area contributed by atoms with Crippen LogP contribution >= 0.6 is 0 Å². The molecule has 0 saturated heterocycles. The summed E-state index contributed by atoms with van der Waals surface area (Å²) >= 11 is 0. The molecule has 0 aliphatic heterocycles. The van der Waals surface area contributed by atoms with Crippen molar-refractivity contribution in [2.24, 2.45) is 0 Å². The minimum Gasteiger partial charge on any atom is -0.492 e. The maximum Gasteiger partial charge on any atom is 0.435 e. The lowest BCUT2D eigenvalue weighted by atomic mass is 10.0. The summed E-state index contributed by atoms with van der Waals surface area (Å²) in [6, 6.07) is 11.0. The van der Waals surface area contributed by atoms with Gasteiger partial charge in [0.1, 0.15) is 17.9 Å². The first-order chi connectivity index (χ1) is 25.4. The van der Waals surface area contributed by atoms with Gasteiger partial charge in [0.2, 0.25) is 5.89 Å². The molecule has 0 bridgehead atoms. The Bertz CT molecular complexity index is 1630. The van der Waals surface area contributed by atoms with Crippen LogP contribution in [0.15, 0.2) is 46.9 Å². The molecule has 2 aromatic carbocycles. The molecule has 0 aliphatic rings. The maximum absolute atomic E-state index is 13.3. The van der Waals surface area contributed by atoms with Crippen molar-refractivity contribution in [3.8, 4) is 5.75 Å². The molecule has 1 aromatic heterocycles. The second-order valence-electron chi connectivity index (χ2n) is 11.7. The standard InChI is InChI=1S/C31H27F18N3O4/c1-51(2)19-6-3-18(4-7-19)5-10-23-50-21-9-8-20(17-22(21)56-23)53-14-11-52(12-15-54-24(26(32,33)34,27(35,36)37)28(38,39)40)13-16-55-25(29(41,42)43,30(44,45)46)31(47,48)49/h3-10,17H,11-16H2,1-2H3/b10-5+. The predicted octanol–water partition coefficient (Wildman–Crippen LogP) is 9.63. The molecule has 0 spiro atoms. The van der Waals surface area contributed by atoms with E-state index < -0.39 is 87.7 Å². The minimum atomic E-state index is -7.21. The highest BCUT2D eigenvalue weighted by Crippen LogP contribution is 2.56. The zero-order valence-corrected chi connectivity index (χ0v) is 28.2. The van der Waals surface area contributed by atoms with Gasteiger partial charge in [-0.3, -0.25) is 4.90 Å². The maximum atomic E-state index is 13.3. The van der Waals surface area contributed by atoms with Gasteiger partial charge in [0, 0.05) is 51.6 Å². The van der Waals surface area contributed by atoms with E-state index in [1.807, 2.05) is 31.1 Å². The van der Waals surface area contributed by atoms with Gasteiger partial charge in [0.05, 0.1) is 13.2 Å². The zero-order chi connectivity index (χ0) is 42.8. The van der Waals surface area contributed by atoms with Crippen LogP contribution in [-0.4, -0.2) is 112 Å². The molecule has 3 rings (SSSR count). The lowest BCUT2D eigenvalue weighted by molar-refractivity contribution is -0.457. The first kappa shape index (κ1) is 46.3. The predicted molar refractivity (Wildman–Crippen MR) is 159 cm³/mol. The number of fused-ring (bicyclic) bond motifs is 1. The van der Waals surface area contributed by atoms with E-state index in [1.165, 1.54) is 24.3 Å². The van der Waals surface area contributed by atoms with Crippen molar-refractivity contribution in [2.75, 3.05) is 58.5 Å². The average Bonchev–Trinajstić information content (AvgIpc) is 3.42. The van der Waals surface area contributed by atoms with Gasteiger partial charge in [-0.2, -0.15) is 79.0 Å². The molecule has 0 saturated carbocycles. The van der Waals surface area contributed by atoms with Gasteiger partial charge < -0.3 is 23.5 Å². The molecule has 7 nitrogen and oxygen atoms in total. The van der Waals surface area contributed by atoms with E-state index in [4.69, 9.17) is 9.15 Å². The van der Waals surface area contributed by atoms with Gasteiger partial charge in [-0.25, -0.2) is 4.98 Å². The second kappa shape index (κ2) is 16.4. The lowest BCUT2D eigenvalue weighted by Gasteiger charge is -2.39. The molecule has 1 heterocycles. The number of halogens is 18. The molecular weight excluding hydrogens is 820 g/mol. The topological polar surface area (TPSA) is 60.2 Å². The van der Waals surface area contributed by atoms with Crippen LogP contribution in [0.2, 0.25) is 0 Å². The molecule has 56 heavy (non-hydrogen) atoms. The Kier molecular flexibility index (Phi) is 13.5. The third-order valence-electron chi connectivity index (χ3n) is 7.73. The van der Waals surface area contributed by atoms with Crippen LogP contribution in [0, 0.1) is 0 Å². The fraction of sp³-hybridized carbons (Fsp3) is 0.516. The van der Waals surface area contributed by atoms with Crippen LogP contribution in [0.4, 0.5) is 84.7 Å². The largest absolute Gasteiger partial charge is 0.492 e. The molecule has 0 N–H and O–H groups in total.